The fraction of sp³-hybridized carbons (Fsp3) is 0.571. The zero-order valence-electron chi connectivity index (χ0n) is 11.9. The molecule has 0 heterocycles. The van der Waals surface area contributed by atoms with Crippen LogP contribution >= 0.6 is 0 Å². The number of alkyl halides is 3. The molecule has 20 heavy (non-hydrogen) atoms. The van der Waals surface area contributed by atoms with Crippen molar-refractivity contribution in [3.05, 3.63) is 35.1 Å². The van der Waals surface area contributed by atoms with Crippen LogP contribution in [0.25, 0.3) is 0 Å². The second kappa shape index (κ2) is 6.10. The Hall–Kier alpha value is -1.14. The Balaban J connectivity index is 3.31. The first-order valence-corrected chi connectivity index (χ1v) is 6.28. The number of likely N-dealkylation sites (N-methyl/N-ethyl adjacent to an activating group) is 1. The van der Waals surface area contributed by atoms with Gasteiger partial charge in [0.1, 0.15) is 5.82 Å². The quantitative estimate of drug-likeness (QED) is 0.831. The molecule has 0 aromatic heterocycles. The molecular weight excluding hydrogens is 274 g/mol. The normalized spacial score (nSPS) is 16.8. The average Bonchev–Trinajstić information content (AvgIpc) is 2.39. The lowest BCUT2D eigenvalue weighted by atomic mass is 9.87. The minimum atomic E-state index is -4.71. The van der Waals surface area contributed by atoms with E-state index in [4.69, 9.17) is 4.74 Å². The fourth-order valence-corrected chi connectivity index (χ4v) is 2.23. The number of methoxy groups -OCH3 is 1. The molecule has 1 rings (SSSR count). The summed E-state index contributed by atoms with van der Waals surface area (Å²) in [6.45, 7) is 3.67. The predicted octanol–water partition coefficient (Wildman–Crippen LogP) is 3.92. The lowest BCUT2D eigenvalue weighted by Crippen LogP contribution is -2.41. The van der Waals surface area contributed by atoms with E-state index in [1.54, 1.807) is 14.0 Å². The van der Waals surface area contributed by atoms with E-state index in [0.29, 0.717) is 12.0 Å². The average molecular weight is 293 g/mol. The smallest absolute Gasteiger partial charge is 0.377 e. The van der Waals surface area contributed by atoms with Crippen molar-refractivity contribution < 1.29 is 22.3 Å². The zero-order chi connectivity index (χ0) is 15.6. The molecule has 0 spiro atoms. The number of nitrogens with one attached hydrogen (secondary N) is 1. The van der Waals surface area contributed by atoms with Crippen molar-refractivity contribution >= 4 is 0 Å². The number of hydrogen-bond donors (Lipinski definition) is 1. The first kappa shape index (κ1) is 16.9. The van der Waals surface area contributed by atoms with Crippen molar-refractivity contribution in [1.29, 1.82) is 0 Å². The zero-order valence-corrected chi connectivity index (χ0v) is 11.9. The van der Waals surface area contributed by atoms with Crippen LogP contribution in [0.5, 0.6) is 0 Å². The second-order valence-electron chi connectivity index (χ2n) is 4.83. The van der Waals surface area contributed by atoms with Gasteiger partial charge >= 0.3 is 6.18 Å². The third-order valence-corrected chi connectivity index (χ3v) is 3.70. The van der Waals surface area contributed by atoms with E-state index < -0.39 is 29.2 Å². The Morgan fingerprint density at radius 1 is 1.30 bits per heavy atom. The van der Waals surface area contributed by atoms with Gasteiger partial charge in [0.05, 0.1) is 17.2 Å². The third kappa shape index (κ3) is 3.30. The van der Waals surface area contributed by atoms with Crippen molar-refractivity contribution in [2.75, 3.05) is 14.2 Å². The molecule has 6 heteroatoms. The van der Waals surface area contributed by atoms with Crippen LogP contribution in [0.1, 0.15) is 37.4 Å². The molecule has 0 aliphatic heterocycles. The maximum atomic E-state index is 13.3. The maximum Gasteiger partial charge on any atom is 0.419 e. The molecule has 0 radical (unpaired) electrons. The van der Waals surface area contributed by atoms with Crippen molar-refractivity contribution in [1.82, 2.24) is 5.32 Å². The number of ether oxygens (including phenoxy) is 1. The molecule has 1 N–H and O–H groups in total. The van der Waals surface area contributed by atoms with Gasteiger partial charge in [-0.05, 0) is 38.1 Å². The van der Waals surface area contributed by atoms with E-state index in [0.717, 1.165) is 12.1 Å². The van der Waals surface area contributed by atoms with E-state index in [1.807, 2.05) is 6.92 Å². The van der Waals surface area contributed by atoms with Gasteiger partial charge in [-0.3, -0.25) is 0 Å². The maximum absolute atomic E-state index is 13.3. The summed E-state index contributed by atoms with van der Waals surface area (Å²) in [5.74, 6) is -1.27. The van der Waals surface area contributed by atoms with Gasteiger partial charge in [0, 0.05) is 7.11 Å². The highest BCUT2D eigenvalue weighted by Crippen LogP contribution is 2.36. The minimum Gasteiger partial charge on any atom is -0.377 e. The molecule has 1 aromatic carbocycles. The second-order valence-corrected chi connectivity index (χ2v) is 4.83. The van der Waals surface area contributed by atoms with Crippen molar-refractivity contribution in [3.63, 3.8) is 0 Å². The minimum absolute atomic E-state index is 0.340. The summed E-state index contributed by atoms with van der Waals surface area (Å²) in [5, 5.41) is 2.94. The molecular formula is C14H19F4NO. The van der Waals surface area contributed by atoms with Gasteiger partial charge in [-0.25, -0.2) is 4.39 Å². The standard InChI is InChI=1S/C14H19F4NO/c1-5-13(2,20-4)12(19-3)9-6-7-11(15)10(8-9)14(16,17)18/h6-8,12,19H,5H2,1-4H3. The molecule has 0 bridgehead atoms. The molecule has 1 aromatic rings. The molecule has 0 saturated heterocycles. The molecule has 0 amide bonds. The number of hydrogen-bond acceptors (Lipinski definition) is 2. The molecule has 0 fully saturated rings. The van der Waals surface area contributed by atoms with E-state index in [2.05, 4.69) is 5.32 Å². The summed E-state index contributed by atoms with van der Waals surface area (Å²) in [7, 11) is 3.14. The molecule has 0 aliphatic carbocycles. The van der Waals surface area contributed by atoms with Gasteiger partial charge < -0.3 is 10.1 Å². The van der Waals surface area contributed by atoms with Crippen LogP contribution in [0.3, 0.4) is 0 Å². The molecule has 0 aliphatic rings. The highest BCUT2D eigenvalue weighted by molar-refractivity contribution is 5.31. The summed E-state index contributed by atoms with van der Waals surface area (Å²) >= 11 is 0. The van der Waals surface area contributed by atoms with Gasteiger partial charge in [0.15, 0.2) is 0 Å². The van der Waals surface area contributed by atoms with Crippen molar-refractivity contribution in [2.24, 2.45) is 0 Å². The summed E-state index contributed by atoms with van der Waals surface area (Å²) in [4.78, 5) is 0. The van der Waals surface area contributed by atoms with Crippen LogP contribution in [0.4, 0.5) is 17.6 Å². The summed E-state index contributed by atoms with van der Waals surface area (Å²) in [5.41, 5.74) is -1.60. The number of benzene rings is 1. The SMILES string of the molecule is CCC(C)(OC)C(NC)c1ccc(F)c(C(F)(F)F)c1. The van der Waals surface area contributed by atoms with Gasteiger partial charge in [0.2, 0.25) is 0 Å². The van der Waals surface area contributed by atoms with Crippen LogP contribution in [-0.4, -0.2) is 19.8 Å². The first-order chi connectivity index (χ1) is 9.19. The lowest BCUT2D eigenvalue weighted by molar-refractivity contribution is -0.140. The topological polar surface area (TPSA) is 21.3 Å². The van der Waals surface area contributed by atoms with Crippen LogP contribution in [-0.2, 0) is 10.9 Å². The number of halogens is 4. The Bertz CT molecular complexity index is 455. The van der Waals surface area contributed by atoms with E-state index in [1.165, 1.54) is 13.2 Å². The van der Waals surface area contributed by atoms with Crippen LogP contribution < -0.4 is 5.32 Å². The molecule has 2 atom stereocenters. The van der Waals surface area contributed by atoms with Gasteiger partial charge in [-0.2, -0.15) is 13.2 Å². The third-order valence-electron chi connectivity index (χ3n) is 3.70. The van der Waals surface area contributed by atoms with Crippen LogP contribution in [0.2, 0.25) is 0 Å². The Kier molecular flexibility index (Phi) is 5.15. The number of rotatable bonds is 5. The molecule has 2 nitrogen and oxygen atoms in total. The Morgan fingerprint density at radius 2 is 1.90 bits per heavy atom. The monoisotopic (exact) mass is 293 g/mol. The predicted molar refractivity (Wildman–Crippen MR) is 68.9 cm³/mol. The van der Waals surface area contributed by atoms with Gasteiger partial charge in [-0.1, -0.05) is 13.0 Å². The Labute approximate surface area is 116 Å². The highest BCUT2D eigenvalue weighted by Gasteiger charge is 2.37. The van der Waals surface area contributed by atoms with Crippen LogP contribution in [0, 0.1) is 5.82 Å². The molecule has 2 unspecified atom stereocenters. The Morgan fingerprint density at radius 3 is 2.30 bits per heavy atom. The fourth-order valence-electron chi connectivity index (χ4n) is 2.23. The van der Waals surface area contributed by atoms with Gasteiger partial charge in [-0.15, -0.1) is 0 Å². The van der Waals surface area contributed by atoms with Crippen molar-refractivity contribution in [3.8, 4) is 0 Å². The van der Waals surface area contributed by atoms with Crippen molar-refractivity contribution in [2.45, 2.75) is 38.1 Å². The largest absolute Gasteiger partial charge is 0.419 e. The summed E-state index contributed by atoms with van der Waals surface area (Å²) < 4.78 is 57.0. The van der Waals surface area contributed by atoms with E-state index >= 15 is 0 Å². The van der Waals surface area contributed by atoms with E-state index in [-0.39, 0.29) is 0 Å². The first-order valence-electron chi connectivity index (χ1n) is 6.28. The summed E-state index contributed by atoms with van der Waals surface area (Å²) in [6.07, 6.45) is -4.12. The molecule has 114 valence electrons. The summed E-state index contributed by atoms with van der Waals surface area (Å²) in [6, 6.07) is 2.55. The molecule has 0 saturated carbocycles. The van der Waals surface area contributed by atoms with Gasteiger partial charge in [0.25, 0.3) is 0 Å². The lowest BCUT2D eigenvalue weighted by Gasteiger charge is -2.36. The van der Waals surface area contributed by atoms with Crippen LogP contribution in [0.15, 0.2) is 18.2 Å². The highest BCUT2D eigenvalue weighted by atomic mass is 19.4. The van der Waals surface area contributed by atoms with E-state index in [9.17, 15) is 17.6 Å².